The number of nitrogens with zero attached hydrogens (tertiary/aromatic N) is 2. The molecule has 2 atom stereocenters. The van der Waals surface area contributed by atoms with Gasteiger partial charge in [-0.15, -0.1) is 11.3 Å². The van der Waals surface area contributed by atoms with Gasteiger partial charge in [0.05, 0.1) is 11.7 Å². The molecule has 1 aliphatic carbocycles. The average molecular weight is 308 g/mol. The molecule has 1 aromatic rings. The predicted octanol–water partition coefficient (Wildman–Crippen LogP) is 2.04. The molecule has 2 aliphatic rings. The van der Waals surface area contributed by atoms with Crippen molar-refractivity contribution < 1.29 is 9.90 Å². The molecule has 1 N–H and O–H groups in total. The Morgan fingerprint density at radius 3 is 2.48 bits per heavy atom. The number of aliphatic hydroxyl groups is 1. The summed E-state index contributed by atoms with van der Waals surface area (Å²) in [7, 11) is 0. The molecule has 2 heterocycles. The van der Waals surface area contributed by atoms with Crippen LogP contribution in [-0.4, -0.2) is 59.1 Å². The largest absolute Gasteiger partial charge is 0.391 e. The van der Waals surface area contributed by atoms with E-state index in [1.54, 1.807) is 11.3 Å². The Bertz CT molecular complexity index is 520. The Kier molecular flexibility index (Phi) is 4.33. The van der Waals surface area contributed by atoms with Crippen LogP contribution in [0.25, 0.3) is 0 Å². The summed E-state index contributed by atoms with van der Waals surface area (Å²) in [5.41, 5.74) is 0.867. The van der Waals surface area contributed by atoms with Crippen LogP contribution < -0.4 is 0 Å². The predicted molar refractivity (Wildman–Crippen MR) is 84.9 cm³/mol. The second-order valence-electron chi connectivity index (χ2n) is 6.22. The number of amides is 1. The molecule has 0 spiro atoms. The smallest absolute Gasteiger partial charge is 0.255 e. The number of hydrogen-bond acceptors (Lipinski definition) is 4. The van der Waals surface area contributed by atoms with Crippen LogP contribution in [0.3, 0.4) is 0 Å². The molecule has 1 aliphatic heterocycles. The molecule has 1 saturated carbocycles. The van der Waals surface area contributed by atoms with Crippen molar-refractivity contribution in [1.82, 2.24) is 9.80 Å². The third-order valence-electron chi connectivity index (χ3n) is 4.79. The van der Waals surface area contributed by atoms with Crippen LogP contribution in [0.1, 0.15) is 39.4 Å². The van der Waals surface area contributed by atoms with Crippen molar-refractivity contribution in [3.05, 3.63) is 21.4 Å². The monoisotopic (exact) mass is 308 g/mol. The van der Waals surface area contributed by atoms with Gasteiger partial charge >= 0.3 is 0 Å². The maximum atomic E-state index is 12.6. The van der Waals surface area contributed by atoms with Crippen LogP contribution in [0.15, 0.2) is 6.07 Å². The molecule has 5 heteroatoms. The van der Waals surface area contributed by atoms with E-state index in [1.807, 2.05) is 24.8 Å². The molecular weight excluding hydrogens is 284 g/mol. The number of carbonyl (C=O) groups excluding carboxylic acids is 1. The molecule has 0 unspecified atom stereocenters. The van der Waals surface area contributed by atoms with Gasteiger partial charge in [0.15, 0.2) is 0 Å². The van der Waals surface area contributed by atoms with Crippen LogP contribution in [0.4, 0.5) is 0 Å². The maximum Gasteiger partial charge on any atom is 0.255 e. The lowest BCUT2D eigenvalue weighted by Crippen LogP contribution is -2.53. The van der Waals surface area contributed by atoms with Crippen LogP contribution in [0.5, 0.6) is 0 Å². The van der Waals surface area contributed by atoms with Gasteiger partial charge in [0.25, 0.3) is 5.91 Å². The van der Waals surface area contributed by atoms with Crippen molar-refractivity contribution in [2.75, 3.05) is 26.2 Å². The summed E-state index contributed by atoms with van der Waals surface area (Å²) in [6.07, 6.45) is 2.97. The second kappa shape index (κ2) is 6.07. The highest BCUT2D eigenvalue weighted by Crippen LogP contribution is 2.26. The third kappa shape index (κ3) is 3.00. The SMILES string of the molecule is Cc1cc(C(=O)N2CCN([C@H]3CCC[C@@H]3O)CC2)c(C)s1. The number of aliphatic hydroxyl groups excluding tert-OH is 1. The van der Waals surface area contributed by atoms with Gasteiger partial charge in [-0.1, -0.05) is 0 Å². The van der Waals surface area contributed by atoms with Gasteiger partial charge < -0.3 is 10.0 Å². The summed E-state index contributed by atoms with van der Waals surface area (Å²) in [6.45, 7) is 7.39. The number of carbonyl (C=O) groups is 1. The Morgan fingerprint density at radius 2 is 1.95 bits per heavy atom. The van der Waals surface area contributed by atoms with Crippen LogP contribution in [0, 0.1) is 13.8 Å². The van der Waals surface area contributed by atoms with E-state index in [0.29, 0.717) is 6.04 Å². The van der Waals surface area contributed by atoms with Crippen molar-refractivity contribution in [1.29, 1.82) is 0 Å². The third-order valence-corrected chi connectivity index (χ3v) is 5.75. The molecule has 1 amide bonds. The average Bonchev–Trinajstić information content (AvgIpc) is 3.04. The number of aryl methyl sites for hydroxylation is 2. The summed E-state index contributed by atoms with van der Waals surface area (Å²) < 4.78 is 0. The molecule has 1 saturated heterocycles. The first kappa shape index (κ1) is 15.0. The summed E-state index contributed by atoms with van der Waals surface area (Å²) in [5.74, 6) is 0.170. The summed E-state index contributed by atoms with van der Waals surface area (Å²) in [4.78, 5) is 19.2. The van der Waals surface area contributed by atoms with E-state index < -0.39 is 0 Å². The van der Waals surface area contributed by atoms with E-state index in [4.69, 9.17) is 0 Å². The number of thiophene rings is 1. The normalized spacial score (nSPS) is 27.3. The first-order chi connectivity index (χ1) is 10.1. The lowest BCUT2D eigenvalue weighted by Gasteiger charge is -2.39. The van der Waals surface area contributed by atoms with Gasteiger partial charge in [-0.25, -0.2) is 0 Å². The highest BCUT2D eigenvalue weighted by Gasteiger charge is 2.33. The summed E-state index contributed by atoms with van der Waals surface area (Å²) in [5, 5.41) is 10.0. The lowest BCUT2D eigenvalue weighted by molar-refractivity contribution is 0.0315. The molecule has 0 bridgehead atoms. The zero-order chi connectivity index (χ0) is 15.0. The second-order valence-corrected chi connectivity index (χ2v) is 7.68. The van der Waals surface area contributed by atoms with E-state index in [1.165, 1.54) is 4.88 Å². The molecule has 3 rings (SSSR count). The van der Waals surface area contributed by atoms with Gasteiger partial charge in [0.2, 0.25) is 0 Å². The molecule has 2 fully saturated rings. The Labute approximate surface area is 130 Å². The first-order valence-corrected chi connectivity index (χ1v) is 8.66. The minimum atomic E-state index is -0.172. The van der Waals surface area contributed by atoms with Crippen molar-refractivity contribution in [2.45, 2.75) is 45.3 Å². The zero-order valence-electron chi connectivity index (χ0n) is 12.8. The first-order valence-electron chi connectivity index (χ1n) is 7.84. The molecule has 4 nitrogen and oxygen atoms in total. The van der Waals surface area contributed by atoms with Gasteiger partial charge in [-0.2, -0.15) is 0 Å². The molecule has 21 heavy (non-hydrogen) atoms. The Morgan fingerprint density at radius 1 is 1.24 bits per heavy atom. The van der Waals surface area contributed by atoms with Crippen molar-refractivity contribution in [3.8, 4) is 0 Å². The fraction of sp³-hybridized carbons (Fsp3) is 0.688. The number of piperazine rings is 1. The van der Waals surface area contributed by atoms with Crippen molar-refractivity contribution >= 4 is 17.2 Å². The van der Waals surface area contributed by atoms with Gasteiger partial charge in [0, 0.05) is 42.0 Å². The van der Waals surface area contributed by atoms with Crippen LogP contribution >= 0.6 is 11.3 Å². The van der Waals surface area contributed by atoms with Gasteiger partial charge in [-0.05, 0) is 39.2 Å². The Hall–Kier alpha value is -0.910. The van der Waals surface area contributed by atoms with Crippen molar-refractivity contribution in [2.24, 2.45) is 0 Å². The van der Waals surface area contributed by atoms with Crippen LogP contribution in [0.2, 0.25) is 0 Å². The standard InChI is InChI=1S/C16H24N2O2S/c1-11-10-13(12(2)21-11)16(20)18-8-6-17(7-9-18)14-4-3-5-15(14)19/h10,14-15,19H,3-9H2,1-2H3/t14-,15-/m0/s1. The van der Waals surface area contributed by atoms with E-state index in [2.05, 4.69) is 4.90 Å². The highest BCUT2D eigenvalue weighted by atomic mass is 32.1. The summed E-state index contributed by atoms with van der Waals surface area (Å²) in [6, 6.07) is 2.32. The van der Waals surface area contributed by atoms with Crippen LogP contribution in [-0.2, 0) is 0 Å². The minimum Gasteiger partial charge on any atom is -0.391 e. The van der Waals surface area contributed by atoms with Gasteiger partial charge in [0.1, 0.15) is 0 Å². The molecule has 0 radical (unpaired) electrons. The van der Waals surface area contributed by atoms with E-state index in [0.717, 1.165) is 55.9 Å². The summed E-state index contributed by atoms with van der Waals surface area (Å²) >= 11 is 1.69. The Balaban J connectivity index is 1.60. The van der Waals surface area contributed by atoms with Gasteiger partial charge in [-0.3, -0.25) is 9.69 Å². The topological polar surface area (TPSA) is 43.8 Å². The number of hydrogen-bond donors (Lipinski definition) is 1. The quantitative estimate of drug-likeness (QED) is 0.909. The fourth-order valence-corrected chi connectivity index (χ4v) is 4.53. The van der Waals surface area contributed by atoms with Crippen molar-refractivity contribution in [3.63, 3.8) is 0 Å². The molecular formula is C16H24N2O2S. The van der Waals surface area contributed by atoms with E-state index in [9.17, 15) is 9.90 Å². The lowest BCUT2D eigenvalue weighted by atomic mass is 10.1. The van der Waals surface area contributed by atoms with E-state index in [-0.39, 0.29) is 12.0 Å². The fourth-order valence-electron chi connectivity index (χ4n) is 3.62. The highest BCUT2D eigenvalue weighted by molar-refractivity contribution is 7.12. The molecule has 116 valence electrons. The van der Waals surface area contributed by atoms with E-state index >= 15 is 0 Å². The minimum absolute atomic E-state index is 0.170. The molecule has 0 aromatic carbocycles. The number of rotatable bonds is 2. The zero-order valence-corrected chi connectivity index (χ0v) is 13.7. The maximum absolute atomic E-state index is 12.6. The molecule has 1 aromatic heterocycles.